The molecular weight excluding hydrogens is 322 g/mol. The van der Waals surface area contributed by atoms with Gasteiger partial charge in [-0.1, -0.05) is 18.2 Å². The summed E-state index contributed by atoms with van der Waals surface area (Å²) < 4.78 is 0. The molecule has 2 aromatic heterocycles. The SMILES string of the molecule is O=C(NCc1csc2c1CCCC2)c1n[nH]c(=O)c2ccccc12. The van der Waals surface area contributed by atoms with Crippen molar-refractivity contribution in [2.24, 2.45) is 0 Å². The minimum Gasteiger partial charge on any atom is -0.347 e. The smallest absolute Gasteiger partial charge is 0.272 e. The van der Waals surface area contributed by atoms with Crippen molar-refractivity contribution in [1.29, 1.82) is 0 Å². The number of H-pyrrole nitrogens is 1. The number of aromatic nitrogens is 2. The topological polar surface area (TPSA) is 74.8 Å². The third-order valence-corrected chi connectivity index (χ3v) is 5.64. The highest BCUT2D eigenvalue weighted by atomic mass is 32.1. The van der Waals surface area contributed by atoms with Gasteiger partial charge >= 0.3 is 0 Å². The van der Waals surface area contributed by atoms with E-state index in [9.17, 15) is 9.59 Å². The number of rotatable bonds is 3. The van der Waals surface area contributed by atoms with Gasteiger partial charge in [0.25, 0.3) is 11.5 Å². The molecular formula is C18H17N3O2S. The molecule has 1 amide bonds. The van der Waals surface area contributed by atoms with Crippen LogP contribution in [-0.4, -0.2) is 16.1 Å². The van der Waals surface area contributed by atoms with Crippen molar-refractivity contribution < 1.29 is 4.79 Å². The van der Waals surface area contributed by atoms with Crippen molar-refractivity contribution in [3.63, 3.8) is 0 Å². The third-order valence-electron chi connectivity index (χ3n) is 4.50. The van der Waals surface area contributed by atoms with E-state index < -0.39 is 0 Å². The molecule has 0 fully saturated rings. The first-order chi connectivity index (χ1) is 11.7. The van der Waals surface area contributed by atoms with Gasteiger partial charge < -0.3 is 5.32 Å². The van der Waals surface area contributed by atoms with Crippen LogP contribution in [0.2, 0.25) is 0 Å². The van der Waals surface area contributed by atoms with Crippen molar-refractivity contribution >= 4 is 28.0 Å². The second kappa shape index (κ2) is 6.20. The zero-order valence-corrected chi connectivity index (χ0v) is 13.9. The van der Waals surface area contributed by atoms with E-state index in [-0.39, 0.29) is 17.2 Å². The van der Waals surface area contributed by atoms with Crippen LogP contribution in [0.3, 0.4) is 0 Å². The van der Waals surface area contributed by atoms with Crippen LogP contribution in [-0.2, 0) is 19.4 Å². The Balaban J connectivity index is 1.58. The number of hydrogen-bond acceptors (Lipinski definition) is 4. The summed E-state index contributed by atoms with van der Waals surface area (Å²) in [5.74, 6) is -0.266. The summed E-state index contributed by atoms with van der Waals surface area (Å²) >= 11 is 1.79. The lowest BCUT2D eigenvalue weighted by Crippen LogP contribution is -2.26. The molecule has 0 radical (unpaired) electrons. The predicted molar refractivity (Wildman–Crippen MR) is 94.5 cm³/mol. The zero-order chi connectivity index (χ0) is 16.5. The summed E-state index contributed by atoms with van der Waals surface area (Å²) in [5.41, 5.74) is 2.59. The summed E-state index contributed by atoms with van der Waals surface area (Å²) in [5, 5.41) is 12.5. The fourth-order valence-electron chi connectivity index (χ4n) is 3.26. The molecule has 0 atom stereocenters. The number of aryl methyl sites for hydroxylation is 1. The van der Waals surface area contributed by atoms with Crippen LogP contribution in [0.25, 0.3) is 10.8 Å². The number of aromatic amines is 1. The molecule has 24 heavy (non-hydrogen) atoms. The molecule has 0 spiro atoms. The molecule has 0 bridgehead atoms. The van der Waals surface area contributed by atoms with Gasteiger partial charge in [-0.05, 0) is 48.3 Å². The number of benzene rings is 1. The van der Waals surface area contributed by atoms with Crippen LogP contribution in [0, 0.1) is 0 Å². The van der Waals surface area contributed by atoms with Gasteiger partial charge in [-0.3, -0.25) is 9.59 Å². The standard InChI is InChI=1S/C18H17N3O2S/c22-17-14-7-2-1-6-13(14)16(20-21-17)18(23)19-9-11-10-24-15-8-4-3-5-12(11)15/h1-2,6-7,10H,3-5,8-9H2,(H,19,23)(H,21,22). The van der Waals surface area contributed by atoms with Crippen molar-refractivity contribution in [3.8, 4) is 0 Å². The maximum absolute atomic E-state index is 12.5. The third kappa shape index (κ3) is 2.63. The van der Waals surface area contributed by atoms with Crippen molar-refractivity contribution in [3.05, 3.63) is 61.7 Å². The lowest BCUT2D eigenvalue weighted by atomic mass is 9.96. The van der Waals surface area contributed by atoms with Crippen molar-refractivity contribution in [2.45, 2.75) is 32.2 Å². The minimum atomic E-state index is -0.283. The number of nitrogens with one attached hydrogen (secondary N) is 2. The molecule has 5 nitrogen and oxygen atoms in total. The van der Waals surface area contributed by atoms with E-state index in [1.807, 2.05) is 0 Å². The molecule has 1 aromatic carbocycles. The molecule has 0 unspecified atom stereocenters. The Kier molecular flexibility index (Phi) is 3.90. The number of carbonyl (C=O) groups excluding carboxylic acids is 1. The summed E-state index contributed by atoms with van der Waals surface area (Å²) in [6, 6.07) is 7.02. The maximum Gasteiger partial charge on any atom is 0.272 e. The minimum absolute atomic E-state index is 0.259. The fraction of sp³-hybridized carbons (Fsp3) is 0.278. The van der Waals surface area contributed by atoms with Crippen LogP contribution < -0.4 is 10.9 Å². The monoisotopic (exact) mass is 339 g/mol. The molecule has 0 saturated carbocycles. The van der Waals surface area contributed by atoms with Crippen molar-refractivity contribution in [1.82, 2.24) is 15.5 Å². The zero-order valence-electron chi connectivity index (χ0n) is 13.1. The Hall–Kier alpha value is -2.47. The molecule has 2 heterocycles. The van der Waals surface area contributed by atoms with Gasteiger partial charge in [0.1, 0.15) is 0 Å². The van der Waals surface area contributed by atoms with E-state index >= 15 is 0 Å². The summed E-state index contributed by atoms with van der Waals surface area (Å²) in [6.45, 7) is 0.500. The van der Waals surface area contributed by atoms with E-state index in [4.69, 9.17) is 0 Å². The summed E-state index contributed by atoms with van der Waals surface area (Å²) in [7, 11) is 0. The predicted octanol–water partition coefficient (Wildman–Crippen LogP) is 2.79. The Morgan fingerprint density at radius 3 is 2.88 bits per heavy atom. The van der Waals surface area contributed by atoms with Gasteiger partial charge in [0.05, 0.1) is 5.39 Å². The maximum atomic E-state index is 12.5. The molecule has 1 aliphatic carbocycles. The Morgan fingerprint density at radius 2 is 2.00 bits per heavy atom. The van der Waals surface area contributed by atoms with Gasteiger partial charge in [-0.15, -0.1) is 11.3 Å². The number of nitrogens with zero attached hydrogens (tertiary/aromatic N) is 1. The fourth-order valence-corrected chi connectivity index (χ4v) is 4.40. The summed E-state index contributed by atoms with van der Waals surface area (Å²) in [6.07, 6.45) is 4.73. The van der Waals surface area contributed by atoms with E-state index in [1.54, 1.807) is 35.6 Å². The average Bonchev–Trinajstić information content (AvgIpc) is 3.03. The van der Waals surface area contributed by atoms with Crippen LogP contribution in [0.4, 0.5) is 0 Å². The molecule has 4 rings (SSSR count). The lowest BCUT2D eigenvalue weighted by Gasteiger charge is -2.13. The first-order valence-corrected chi connectivity index (χ1v) is 8.96. The number of carbonyl (C=O) groups is 1. The second-order valence-electron chi connectivity index (χ2n) is 6.00. The number of thiophene rings is 1. The normalized spacial score (nSPS) is 13.7. The Labute approximate surface area is 142 Å². The quantitative estimate of drug-likeness (QED) is 0.770. The number of fused-ring (bicyclic) bond motifs is 2. The van der Waals surface area contributed by atoms with Gasteiger partial charge in [0.15, 0.2) is 5.69 Å². The number of amides is 1. The van der Waals surface area contributed by atoms with E-state index in [0.717, 1.165) is 12.8 Å². The van der Waals surface area contributed by atoms with E-state index in [1.165, 1.54) is 28.8 Å². The molecule has 6 heteroatoms. The molecule has 0 aliphatic heterocycles. The molecule has 1 aliphatic rings. The van der Waals surface area contributed by atoms with Crippen LogP contribution in [0.1, 0.15) is 39.3 Å². The first-order valence-electron chi connectivity index (χ1n) is 8.08. The van der Waals surface area contributed by atoms with Crippen LogP contribution >= 0.6 is 11.3 Å². The molecule has 122 valence electrons. The van der Waals surface area contributed by atoms with Gasteiger partial charge in [0.2, 0.25) is 0 Å². The highest BCUT2D eigenvalue weighted by Gasteiger charge is 2.17. The molecule has 2 N–H and O–H groups in total. The van der Waals surface area contributed by atoms with E-state index in [2.05, 4.69) is 20.9 Å². The summed E-state index contributed by atoms with van der Waals surface area (Å²) in [4.78, 5) is 25.8. The van der Waals surface area contributed by atoms with Crippen LogP contribution in [0.15, 0.2) is 34.4 Å². The van der Waals surface area contributed by atoms with Crippen LogP contribution in [0.5, 0.6) is 0 Å². The van der Waals surface area contributed by atoms with Gasteiger partial charge in [-0.2, -0.15) is 5.10 Å². The van der Waals surface area contributed by atoms with Gasteiger partial charge in [0, 0.05) is 16.8 Å². The lowest BCUT2D eigenvalue weighted by molar-refractivity contribution is 0.0946. The van der Waals surface area contributed by atoms with Gasteiger partial charge in [-0.25, -0.2) is 5.10 Å². The van der Waals surface area contributed by atoms with E-state index in [0.29, 0.717) is 17.3 Å². The number of hydrogen-bond donors (Lipinski definition) is 2. The average molecular weight is 339 g/mol. The highest BCUT2D eigenvalue weighted by Crippen LogP contribution is 2.30. The second-order valence-corrected chi connectivity index (χ2v) is 6.96. The molecule has 0 saturated heterocycles. The molecule has 3 aromatic rings. The largest absolute Gasteiger partial charge is 0.347 e. The van der Waals surface area contributed by atoms with Crippen molar-refractivity contribution in [2.75, 3.05) is 0 Å². The first kappa shape index (κ1) is 15.1. The highest BCUT2D eigenvalue weighted by molar-refractivity contribution is 7.10. The Bertz CT molecular complexity index is 974. The Morgan fingerprint density at radius 1 is 1.21 bits per heavy atom.